The second kappa shape index (κ2) is 4.96. The molecule has 4 nitrogen and oxygen atoms in total. The average molecular weight is 304 g/mol. The van der Waals surface area contributed by atoms with Crippen LogP contribution in [0.1, 0.15) is 5.56 Å². The maximum atomic E-state index is 12.3. The van der Waals surface area contributed by atoms with Gasteiger partial charge in [-0.2, -0.15) is 0 Å². The van der Waals surface area contributed by atoms with E-state index in [2.05, 4.69) is 9.97 Å². The molecule has 0 spiro atoms. The van der Waals surface area contributed by atoms with Gasteiger partial charge in [0.05, 0.1) is 15.9 Å². The Kier molecular flexibility index (Phi) is 3.27. The standard InChI is InChI=1S/C14H12N2O2S2/c1-10-6-8-11(9-7-10)20(17,18)19-14-15-12-4-2-3-5-13(12)16-14/h2-9H,1H3,(H,15,16). The van der Waals surface area contributed by atoms with E-state index in [-0.39, 0.29) is 4.90 Å². The van der Waals surface area contributed by atoms with E-state index in [1.807, 2.05) is 31.2 Å². The number of aromatic amines is 1. The Hall–Kier alpha value is -1.79. The van der Waals surface area contributed by atoms with E-state index in [0.717, 1.165) is 27.4 Å². The highest BCUT2D eigenvalue weighted by atomic mass is 33.1. The molecule has 1 heterocycles. The van der Waals surface area contributed by atoms with Crippen molar-refractivity contribution in [3.63, 3.8) is 0 Å². The number of hydrogen-bond acceptors (Lipinski definition) is 4. The number of imidazole rings is 1. The van der Waals surface area contributed by atoms with Crippen LogP contribution in [0.15, 0.2) is 58.6 Å². The average Bonchev–Trinajstić information content (AvgIpc) is 2.80. The molecule has 2 aromatic carbocycles. The number of H-pyrrole nitrogens is 1. The van der Waals surface area contributed by atoms with Gasteiger partial charge in [-0.3, -0.25) is 0 Å². The van der Waals surface area contributed by atoms with E-state index >= 15 is 0 Å². The Bertz CT molecular complexity index is 819. The van der Waals surface area contributed by atoms with Gasteiger partial charge in [0.2, 0.25) is 8.87 Å². The van der Waals surface area contributed by atoms with Crippen LogP contribution in [0.3, 0.4) is 0 Å². The topological polar surface area (TPSA) is 62.8 Å². The van der Waals surface area contributed by atoms with Crippen molar-refractivity contribution in [1.29, 1.82) is 0 Å². The lowest BCUT2D eigenvalue weighted by Crippen LogP contribution is -1.95. The minimum absolute atomic E-state index is 0.286. The minimum atomic E-state index is -3.45. The first-order valence-corrected chi connectivity index (χ1v) is 8.82. The van der Waals surface area contributed by atoms with Gasteiger partial charge in [0.25, 0.3) is 0 Å². The Morgan fingerprint density at radius 1 is 1.05 bits per heavy atom. The summed E-state index contributed by atoms with van der Waals surface area (Å²) >= 11 is 0. The molecule has 0 saturated heterocycles. The zero-order valence-electron chi connectivity index (χ0n) is 10.7. The Balaban J connectivity index is 1.94. The lowest BCUT2D eigenvalue weighted by molar-refractivity contribution is 0.610. The van der Waals surface area contributed by atoms with Crippen molar-refractivity contribution in [3.05, 3.63) is 54.1 Å². The summed E-state index contributed by atoms with van der Waals surface area (Å²) < 4.78 is 24.6. The van der Waals surface area contributed by atoms with Crippen LogP contribution in [0.4, 0.5) is 0 Å². The van der Waals surface area contributed by atoms with E-state index in [1.165, 1.54) is 0 Å². The molecule has 102 valence electrons. The van der Waals surface area contributed by atoms with Crippen molar-refractivity contribution in [3.8, 4) is 0 Å². The highest BCUT2D eigenvalue weighted by molar-refractivity contribution is 8.72. The molecule has 0 aliphatic carbocycles. The first kappa shape index (κ1) is 13.2. The lowest BCUT2D eigenvalue weighted by atomic mass is 10.2. The molecular formula is C14H12N2O2S2. The summed E-state index contributed by atoms with van der Waals surface area (Å²) in [6, 6.07) is 14.2. The Morgan fingerprint density at radius 3 is 2.45 bits per heavy atom. The van der Waals surface area contributed by atoms with E-state index in [0.29, 0.717) is 5.16 Å². The van der Waals surface area contributed by atoms with Gasteiger partial charge in [-0.15, -0.1) is 0 Å². The van der Waals surface area contributed by atoms with Gasteiger partial charge in [0, 0.05) is 10.8 Å². The maximum absolute atomic E-state index is 12.3. The molecule has 1 aromatic heterocycles. The number of aryl methyl sites for hydroxylation is 1. The van der Waals surface area contributed by atoms with Crippen LogP contribution in [-0.4, -0.2) is 18.4 Å². The van der Waals surface area contributed by atoms with Crippen LogP contribution in [0.5, 0.6) is 0 Å². The molecule has 0 amide bonds. The molecule has 0 aliphatic heterocycles. The molecular weight excluding hydrogens is 292 g/mol. The number of nitrogens with zero attached hydrogens (tertiary/aromatic N) is 1. The Labute approximate surface area is 120 Å². The summed E-state index contributed by atoms with van der Waals surface area (Å²) in [5.41, 5.74) is 2.61. The van der Waals surface area contributed by atoms with Gasteiger partial charge < -0.3 is 4.98 Å². The molecule has 0 saturated carbocycles. The van der Waals surface area contributed by atoms with Crippen molar-refractivity contribution >= 4 is 30.7 Å². The van der Waals surface area contributed by atoms with Gasteiger partial charge in [0.15, 0.2) is 5.16 Å². The summed E-state index contributed by atoms with van der Waals surface area (Å²) in [5, 5.41) is 0.381. The molecule has 0 aliphatic rings. The third kappa shape index (κ3) is 2.57. The first-order chi connectivity index (χ1) is 9.54. The van der Waals surface area contributed by atoms with Crippen molar-refractivity contribution in [2.75, 3.05) is 0 Å². The van der Waals surface area contributed by atoms with Crippen LogP contribution in [0.25, 0.3) is 11.0 Å². The predicted molar refractivity (Wildman–Crippen MR) is 80.3 cm³/mol. The molecule has 0 atom stereocenters. The van der Waals surface area contributed by atoms with Gasteiger partial charge in [0.1, 0.15) is 0 Å². The molecule has 0 bridgehead atoms. The van der Waals surface area contributed by atoms with E-state index in [4.69, 9.17) is 0 Å². The molecule has 6 heteroatoms. The van der Waals surface area contributed by atoms with Crippen LogP contribution < -0.4 is 0 Å². The molecule has 3 aromatic rings. The van der Waals surface area contributed by atoms with Crippen molar-refractivity contribution in [1.82, 2.24) is 9.97 Å². The van der Waals surface area contributed by atoms with Gasteiger partial charge >= 0.3 is 0 Å². The molecule has 3 rings (SSSR count). The molecule has 1 N–H and O–H groups in total. The van der Waals surface area contributed by atoms with Crippen LogP contribution in [-0.2, 0) is 8.87 Å². The largest absolute Gasteiger partial charge is 0.332 e. The lowest BCUT2D eigenvalue weighted by Gasteiger charge is -2.01. The van der Waals surface area contributed by atoms with E-state index in [1.54, 1.807) is 24.3 Å². The van der Waals surface area contributed by atoms with Crippen molar-refractivity contribution in [2.45, 2.75) is 17.0 Å². The van der Waals surface area contributed by atoms with Crippen LogP contribution in [0.2, 0.25) is 0 Å². The summed E-state index contributed by atoms with van der Waals surface area (Å²) in [6.45, 7) is 1.92. The zero-order chi connectivity index (χ0) is 14.2. The predicted octanol–water partition coefficient (Wildman–Crippen LogP) is 3.35. The fraction of sp³-hybridized carbons (Fsp3) is 0.0714. The molecule has 0 fully saturated rings. The summed E-state index contributed by atoms with van der Waals surface area (Å²) in [6.07, 6.45) is 0. The monoisotopic (exact) mass is 304 g/mol. The maximum Gasteiger partial charge on any atom is 0.237 e. The highest BCUT2D eigenvalue weighted by Gasteiger charge is 2.18. The number of hydrogen-bond donors (Lipinski definition) is 1. The SMILES string of the molecule is Cc1ccc(S(=O)(=O)Sc2nc3ccccc3[nH]2)cc1. The van der Waals surface area contributed by atoms with E-state index < -0.39 is 8.87 Å². The molecule has 0 radical (unpaired) electrons. The van der Waals surface area contributed by atoms with Crippen molar-refractivity contribution in [2.24, 2.45) is 0 Å². The summed E-state index contributed by atoms with van der Waals surface area (Å²) in [4.78, 5) is 7.56. The minimum Gasteiger partial charge on any atom is -0.332 e. The number of para-hydroxylation sites is 2. The number of aromatic nitrogens is 2. The third-order valence-corrected chi connectivity index (χ3v) is 6.00. The number of rotatable bonds is 3. The number of benzene rings is 2. The van der Waals surface area contributed by atoms with Gasteiger partial charge in [-0.05, 0) is 31.2 Å². The smallest absolute Gasteiger partial charge is 0.237 e. The zero-order valence-corrected chi connectivity index (χ0v) is 12.3. The van der Waals surface area contributed by atoms with E-state index in [9.17, 15) is 8.42 Å². The van der Waals surface area contributed by atoms with Crippen molar-refractivity contribution < 1.29 is 8.42 Å². The number of fused-ring (bicyclic) bond motifs is 1. The fourth-order valence-corrected chi connectivity index (χ4v) is 4.37. The first-order valence-electron chi connectivity index (χ1n) is 6.00. The van der Waals surface area contributed by atoms with Gasteiger partial charge in [-0.1, -0.05) is 29.8 Å². The molecule has 0 unspecified atom stereocenters. The second-order valence-corrected chi connectivity index (χ2v) is 8.16. The fourth-order valence-electron chi connectivity index (χ4n) is 1.83. The highest BCUT2D eigenvalue weighted by Crippen LogP contribution is 2.30. The quantitative estimate of drug-likeness (QED) is 0.754. The van der Waals surface area contributed by atoms with Crippen LogP contribution in [0, 0.1) is 6.92 Å². The number of nitrogens with one attached hydrogen (secondary N) is 1. The molecule has 20 heavy (non-hydrogen) atoms. The summed E-state index contributed by atoms with van der Waals surface area (Å²) in [5.74, 6) is 0. The third-order valence-electron chi connectivity index (χ3n) is 2.87. The normalized spacial score (nSPS) is 11.8. The van der Waals surface area contributed by atoms with Crippen LogP contribution >= 0.6 is 10.8 Å². The summed E-state index contributed by atoms with van der Waals surface area (Å²) in [7, 11) is -2.72. The van der Waals surface area contributed by atoms with Gasteiger partial charge in [-0.25, -0.2) is 13.4 Å². The second-order valence-electron chi connectivity index (χ2n) is 4.41. The Morgan fingerprint density at radius 2 is 1.75 bits per heavy atom.